The average molecular weight is 404 g/mol. The second kappa shape index (κ2) is 8.62. The molecule has 0 spiro atoms. The van der Waals surface area contributed by atoms with E-state index in [2.05, 4.69) is 16.0 Å². The minimum absolute atomic E-state index is 0.0274. The fourth-order valence-corrected chi connectivity index (χ4v) is 2.84. The number of furan rings is 1. The van der Waals surface area contributed by atoms with Crippen molar-refractivity contribution in [1.29, 1.82) is 0 Å². The molecular formula is C19H15Cl2N3O3. The summed E-state index contributed by atoms with van der Waals surface area (Å²) in [7, 11) is 0. The summed E-state index contributed by atoms with van der Waals surface area (Å²) < 4.78 is 5.04. The Labute approximate surface area is 165 Å². The lowest BCUT2D eigenvalue weighted by atomic mass is 10.2. The third-order valence-electron chi connectivity index (χ3n) is 3.46. The van der Waals surface area contributed by atoms with E-state index in [-0.39, 0.29) is 24.1 Å². The van der Waals surface area contributed by atoms with Crippen molar-refractivity contribution in [2.75, 3.05) is 22.5 Å². The van der Waals surface area contributed by atoms with E-state index in [1.54, 1.807) is 54.6 Å². The van der Waals surface area contributed by atoms with E-state index in [0.29, 0.717) is 27.1 Å². The van der Waals surface area contributed by atoms with Gasteiger partial charge in [0.25, 0.3) is 5.91 Å². The molecule has 0 saturated heterocycles. The number of carbonyl (C=O) groups excluding carboxylic acids is 2. The van der Waals surface area contributed by atoms with Crippen molar-refractivity contribution < 1.29 is 14.0 Å². The van der Waals surface area contributed by atoms with Crippen LogP contribution in [0, 0.1) is 0 Å². The molecule has 138 valence electrons. The van der Waals surface area contributed by atoms with Gasteiger partial charge in [-0.3, -0.25) is 9.59 Å². The highest BCUT2D eigenvalue weighted by molar-refractivity contribution is 6.35. The maximum atomic E-state index is 12.1. The highest BCUT2D eigenvalue weighted by Crippen LogP contribution is 2.22. The Bertz CT molecular complexity index is 938. The van der Waals surface area contributed by atoms with Gasteiger partial charge in [-0.2, -0.15) is 0 Å². The Morgan fingerprint density at radius 3 is 2.22 bits per heavy atom. The van der Waals surface area contributed by atoms with Crippen molar-refractivity contribution in [2.45, 2.75) is 0 Å². The van der Waals surface area contributed by atoms with Crippen LogP contribution in [0.4, 0.5) is 17.1 Å². The topological polar surface area (TPSA) is 83.4 Å². The van der Waals surface area contributed by atoms with E-state index < -0.39 is 0 Å². The van der Waals surface area contributed by atoms with Gasteiger partial charge in [-0.15, -0.1) is 0 Å². The van der Waals surface area contributed by atoms with E-state index in [1.165, 1.54) is 6.26 Å². The van der Waals surface area contributed by atoms with Crippen molar-refractivity contribution in [3.05, 3.63) is 76.7 Å². The first-order valence-electron chi connectivity index (χ1n) is 7.94. The quantitative estimate of drug-likeness (QED) is 0.546. The van der Waals surface area contributed by atoms with Crippen LogP contribution >= 0.6 is 23.2 Å². The van der Waals surface area contributed by atoms with Crippen molar-refractivity contribution in [3.63, 3.8) is 0 Å². The highest BCUT2D eigenvalue weighted by atomic mass is 35.5. The van der Waals surface area contributed by atoms with Crippen LogP contribution in [-0.4, -0.2) is 18.4 Å². The Hall–Kier alpha value is -2.96. The molecule has 0 fully saturated rings. The van der Waals surface area contributed by atoms with Crippen molar-refractivity contribution in [1.82, 2.24) is 0 Å². The molecule has 0 aliphatic heterocycles. The number of benzene rings is 2. The van der Waals surface area contributed by atoms with E-state index in [9.17, 15) is 9.59 Å². The summed E-state index contributed by atoms with van der Waals surface area (Å²) in [5, 5.41) is 9.35. The maximum absolute atomic E-state index is 12.1. The summed E-state index contributed by atoms with van der Waals surface area (Å²) in [6.45, 7) is 0.0274. The van der Waals surface area contributed by atoms with E-state index in [4.69, 9.17) is 27.6 Å². The molecular weight excluding hydrogens is 389 g/mol. The number of amides is 2. The standard InChI is InChI=1S/C19H15Cl2N3O3/c20-12-7-13(21)9-16(8-12)22-11-18(25)23-14-3-1-4-15(10-14)24-19(26)17-5-2-6-27-17/h1-10,22H,11H2,(H,23,25)(H,24,26). The molecule has 27 heavy (non-hydrogen) atoms. The molecule has 0 unspecified atom stereocenters. The zero-order valence-electron chi connectivity index (χ0n) is 14.0. The van der Waals surface area contributed by atoms with Crippen LogP contribution in [-0.2, 0) is 4.79 Å². The first-order chi connectivity index (χ1) is 13.0. The van der Waals surface area contributed by atoms with Crippen LogP contribution in [0.15, 0.2) is 65.3 Å². The molecule has 2 amide bonds. The molecule has 6 nitrogen and oxygen atoms in total. The lowest BCUT2D eigenvalue weighted by Gasteiger charge is -2.10. The zero-order chi connectivity index (χ0) is 19.2. The summed E-state index contributed by atoms with van der Waals surface area (Å²) >= 11 is 11.8. The molecule has 2 aromatic carbocycles. The number of hydrogen-bond acceptors (Lipinski definition) is 4. The van der Waals surface area contributed by atoms with Gasteiger partial charge < -0.3 is 20.4 Å². The molecule has 0 aliphatic rings. The second-order valence-corrected chi connectivity index (χ2v) is 6.44. The third-order valence-corrected chi connectivity index (χ3v) is 3.90. The molecule has 8 heteroatoms. The predicted octanol–water partition coefficient (Wildman–Crippen LogP) is 4.89. The number of rotatable bonds is 6. The molecule has 0 atom stereocenters. The minimum atomic E-state index is -0.372. The Morgan fingerprint density at radius 1 is 0.852 bits per heavy atom. The Morgan fingerprint density at radius 2 is 1.56 bits per heavy atom. The van der Waals surface area contributed by atoms with E-state index in [1.807, 2.05) is 0 Å². The Balaban J connectivity index is 1.57. The van der Waals surface area contributed by atoms with Gasteiger partial charge in [0.05, 0.1) is 12.8 Å². The smallest absolute Gasteiger partial charge is 0.291 e. The van der Waals surface area contributed by atoms with Crippen LogP contribution in [0.3, 0.4) is 0 Å². The number of carbonyl (C=O) groups is 2. The Kier molecular flexibility index (Phi) is 6.01. The summed E-state index contributed by atoms with van der Waals surface area (Å²) in [6.07, 6.45) is 1.42. The summed E-state index contributed by atoms with van der Waals surface area (Å²) in [6, 6.07) is 14.9. The predicted molar refractivity (Wildman–Crippen MR) is 107 cm³/mol. The molecule has 3 N–H and O–H groups in total. The van der Waals surface area contributed by atoms with Gasteiger partial charge in [0.1, 0.15) is 0 Å². The lowest BCUT2D eigenvalue weighted by molar-refractivity contribution is -0.114. The molecule has 0 bridgehead atoms. The molecule has 0 radical (unpaired) electrons. The zero-order valence-corrected chi connectivity index (χ0v) is 15.5. The molecule has 1 aromatic heterocycles. The van der Waals surface area contributed by atoms with Gasteiger partial charge in [0.2, 0.25) is 5.91 Å². The first kappa shape index (κ1) is 18.8. The largest absolute Gasteiger partial charge is 0.459 e. The van der Waals surface area contributed by atoms with Gasteiger partial charge in [-0.1, -0.05) is 29.3 Å². The molecule has 1 heterocycles. The number of hydrogen-bond donors (Lipinski definition) is 3. The minimum Gasteiger partial charge on any atom is -0.459 e. The summed E-state index contributed by atoms with van der Waals surface area (Å²) in [4.78, 5) is 24.1. The van der Waals surface area contributed by atoms with Crippen LogP contribution in [0.1, 0.15) is 10.6 Å². The van der Waals surface area contributed by atoms with Gasteiger partial charge in [-0.05, 0) is 48.5 Å². The molecule has 3 rings (SSSR count). The fourth-order valence-electron chi connectivity index (χ4n) is 2.32. The van der Waals surface area contributed by atoms with Gasteiger partial charge >= 0.3 is 0 Å². The van der Waals surface area contributed by atoms with Crippen molar-refractivity contribution in [2.24, 2.45) is 0 Å². The van der Waals surface area contributed by atoms with Crippen molar-refractivity contribution in [3.8, 4) is 0 Å². The maximum Gasteiger partial charge on any atom is 0.291 e. The van der Waals surface area contributed by atoms with Crippen LogP contribution in [0.25, 0.3) is 0 Å². The van der Waals surface area contributed by atoms with Crippen LogP contribution < -0.4 is 16.0 Å². The monoisotopic (exact) mass is 403 g/mol. The molecule has 0 saturated carbocycles. The van der Waals surface area contributed by atoms with Gasteiger partial charge in [-0.25, -0.2) is 0 Å². The van der Waals surface area contributed by atoms with Gasteiger partial charge in [0, 0.05) is 27.1 Å². The first-order valence-corrected chi connectivity index (χ1v) is 8.70. The second-order valence-electron chi connectivity index (χ2n) is 5.57. The number of anilines is 3. The van der Waals surface area contributed by atoms with E-state index in [0.717, 1.165) is 0 Å². The number of nitrogens with one attached hydrogen (secondary N) is 3. The highest BCUT2D eigenvalue weighted by Gasteiger charge is 2.09. The average Bonchev–Trinajstić information content (AvgIpc) is 3.14. The molecule has 0 aliphatic carbocycles. The van der Waals surface area contributed by atoms with Crippen LogP contribution in [0.2, 0.25) is 10.0 Å². The normalized spacial score (nSPS) is 10.3. The number of halogens is 2. The van der Waals surface area contributed by atoms with E-state index >= 15 is 0 Å². The van der Waals surface area contributed by atoms with Crippen LogP contribution in [0.5, 0.6) is 0 Å². The van der Waals surface area contributed by atoms with Gasteiger partial charge in [0.15, 0.2) is 5.76 Å². The summed E-state index contributed by atoms with van der Waals surface area (Å²) in [5.74, 6) is -0.433. The van der Waals surface area contributed by atoms with Crippen molar-refractivity contribution >= 4 is 52.1 Å². The fraction of sp³-hybridized carbons (Fsp3) is 0.0526. The third kappa shape index (κ3) is 5.51. The SMILES string of the molecule is O=C(CNc1cc(Cl)cc(Cl)c1)Nc1cccc(NC(=O)c2ccco2)c1. The lowest BCUT2D eigenvalue weighted by Crippen LogP contribution is -2.21. The molecule has 3 aromatic rings. The summed E-state index contributed by atoms with van der Waals surface area (Å²) in [5.41, 5.74) is 1.72.